The summed E-state index contributed by atoms with van der Waals surface area (Å²) in [5, 5.41) is 9.80. The lowest BCUT2D eigenvalue weighted by atomic mass is 10.2. The molecule has 8 heteroatoms. The summed E-state index contributed by atoms with van der Waals surface area (Å²) < 4.78 is 14.6. The fraction of sp³-hybridized carbons (Fsp3) is 0.238. The number of hydrogen-bond acceptors (Lipinski definition) is 4. The van der Waals surface area contributed by atoms with E-state index in [9.17, 15) is 14.0 Å². The Hall–Kier alpha value is -3.55. The van der Waals surface area contributed by atoms with Gasteiger partial charge in [-0.3, -0.25) is 9.59 Å². The van der Waals surface area contributed by atoms with Crippen molar-refractivity contribution >= 4 is 17.5 Å². The second kappa shape index (κ2) is 9.09. The first kappa shape index (κ1) is 20.2. The standard InChI is InChI=1S/C21H22FN5O2/c1-3-4-19(28)25-17-9-5-15(6-10-17)13-23-21(29)20-24-14(2)27(26-20)18-11-7-16(22)8-12-18/h5-12H,3-4,13H2,1-2H3,(H,23,29)(H,25,28). The Bertz CT molecular complexity index is 997. The Balaban J connectivity index is 1.60. The molecule has 0 bridgehead atoms. The van der Waals surface area contributed by atoms with Gasteiger partial charge in [0.25, 0.3) is 5.91 Å². The van der Waals surface area contributed by atoms with Gasteiger partial charge in [-0.15, -0.1) is 5.10 Å². The zero-order valence-corrected chi connectivity index (χ0v) is 16.3. The van der Waals surface area contributed by atoms with Crippen molar-refractivity contribution in [3.05, 3.63) is 71.6 Å². The zero-order valence-electron chi connectivity index (χ0n) is 16.3. The lowest BCUT2D eigenvalue weighted by molar-refractivity contribution is -0.116. The number of nitrogens with one attached hydrogen (secondary N) is 2. The summed E-state index contributed by atoms with van der Waals surface area (Å²) in [6, 6.07) is 13.0. The van der Waals surface area contributed by atoms with E-state index < -0.39 is 5.91 Å². The molecule has 2 amide bonds. The van der Waals surface area contributed by atoms with E-state index >= 15 is 0 Å². The van der Waals surface area contributed by atoms with Crippen LogP contribution in [0.1, 0.15) is 41.8 Å². The molecule has 0 aliphatic heterocycles. The summed E-state index contributed by atoms with van der Waals surface area (Å²) in [6.07, 6.45) is 1.27. The highest BCUT2D eigenvalue weighted by Gasteiger charge is 2.15. The molecular formula is C21H22FN5O2. The Labute approximate surface area is 168 Å². The summed E-state index contributed by atoms with van der Waals surface area (Å²) in [5.74, 6) is -0.217. The van der Waals surface area contributed by atoms with E-state index in [2.05, 4.69) is 20.7 Å². The van der Waals surface area contributed by atoms with Gasteiger partial charge in [-0.2, -0.15) is 0 Å². The smallest absolute Gasteiger partial charge is 0.291 e. The van der Waals surface area contributed by atoms with Crippen LogP contribution in [0.25, 0.3) is 5.69 Å². The quantitative estimate of drug-likeness (QED) is 0.642. The molecule has 150 valence electrons. The van der Waals surface area contributed by atoms with Gasteiger partial charge in [0.1, 0.15) is 11.6 Å². The molecule has 0 aliphatic rings. The molecule has 0 aliphatic carbocycles. The minimum Gasteiger partial charge on any atom is -0.345 e. The molecule has 3 aromatic rings. The second-order valence-corrected chi connectivity index (χ2v) is 6.55. The van der Waals surface area contributed by atoms with Crippen LogP contribution >= 0.6 is 0 Å². The first-order chi connectivity index (χ1) is 14.0. The number of amides is 2. The molecule has 3 rings (SSSR count). The predicted molar refractivity (Wildman–Crippen MR) is 107 cm³/mol. The first-order valence-corrected chi connectivity index (χ1v) is 9.33. The number of nitrogens with zero attached hydrogens (tertiary/aromatic N) is 3. The van der Waals surface area contributed by atoms with Crippen molar-refractivity contribution in [3.8, 4) is 5.69 Å². The molecule has 1 aromatic heterocycles. The monoisotopic (exact) mass is 395 g/mol. The van der Waals surface area contributed by atoms with E-state index in [4.69, 9.17) is 0 Å². The Morgan fingerprint density at radius 2 is 1.76 bits per heavy atom. The van der Waals surface area contributed by atoms with Crippen molar-refractivity contribution in [1.82, 2.24) is 20.1 Å². The van der Waals surface area contributed by atoms with E-state index in [0.29, 0.717) is 30.2 Å². The Morgan fingerprint density at radius 3 is 2.41 bits per heavy atom. The molecule has 1 heterocycles. The number of hydrogen-bond donors (Lipinski definition) is 2. The molecule has 0 atom stereocenters. The summed E-state index contributed by atoms with van der Waals surface area (Å²) in [7, 11) is 0. The lowest BCUT2D eigenvalue weighted by Crippen LogP contribution is -2.24. The van der Waals surface area contributed by atoms with Gasteiger partial charge in [0, 0.05) is 18.7 Å². The summed E-state index contributed by atoms with van der Waals surface area (Å²) in [5.41, 5.74) is 2.21. The van der Waals surface area contributed by atoms with Crippen LogP contribution in [0.5, 0.6) is 0 Å². The molecule has 0 radical (unpaired) electrons. The summed E-state index contributed by atoms with van der Waals surface area (Å²) in [6.45, 7) is 3.97. The van der Waals surface area contributed by atoms with Crippen LogP contribution in [0.4, 0.5) is 10.1 Å². The molecule has 0 saturated carbocycles. The van der Waals surface area contributed by atoms with Crippen LogP contribution in [0.3, 0.4) is 0 Å². The van der Waals surface area contributed by atoms with E-state index in [1.165, 1.54) is 16.8 Å². The van der Waals surface area contributed by atoms with Gasteiger partial charge in [-0.1, -0.05) is 19.1 Å². The SMILES string of the molecule is CCCC(=O)Nc1ccc(CNC(=O)c2nc(C)n(-c3ccc(F)cc3)n2)cc1. The number of aryl methyl sites for hydroxylation is 1. The predicted octanol–water partition coefficient (Wildman–Crippen LogP) is 3.38. The third-order valence-corrected chi connectivity index (χ3v) is 4.21. The fourth-order valence-corrected chi connectivity index (χ4v) is 2.73. The van der Waals surface area contributed by atoms with Crippen LogP contribution in [-0.2, 0) is 11.3 Å². The summed E-state index contributed by atoms with van der Waals surface area (Å²) in [4.78, 5) is 28.2. The lowest BCUT2D eigenvalue weighted by Gasteiger charge is -2.07. The number of rotatable bonds is 7. The number of halogens is 1. The maximum absolute atomic E-state index is 13.1. The van der Waals surface area contributed by atoms with Gasteiger partial charge in [0.2, 0.25) is 11.7 Å². The van der Waals surface area contributed by atoms with E-state index in [-0.39, 0.29) is 17.5 Å². The van der Waals surface area contributed by atoms with E-state index in [1.54, 1.807) is 31.2 Å². The van der Waals surface area contributed by atoms with Crippen LogP contribution in [-0.4, -0.2) is 26.6 Å². The second-order valence-electron chi connectivity index (χ2n) is 6.55. The molecule has 2 aromatic carbocycles. The average molecular weight is 395 g/mol. The van der Waals surface area contributed by atoms with Gasteiger partial charge >= 0.3 is 0 Å². The molecule has 7 nitrogen and oxygen atoms in total. The van der Waals surface area contributed by atoms with E-state index in [1.807, 2.05) is 19.1 Å². The minimum absolute atomic E-state index is 0.0215. The molecule has 0 saturated heterocycles. The van der Waals surface area contributed by atoms with Gasteiger partial charge in [0.15, 0.2) is 0 Å². The average Bonchev–Trinajstić information content (AvgIpc) is 3.10. The van der Waals surface area contributed by atoms with Gasteiger partial charge < -0.3 is 10.6 Å². The molecule has 0 unspecified atom stereocenters. The minimum atomic E-state index is -0.408. The topological polar surface area (TPSA) is 88.9 Å². The molecule has 2 N–H and O–H groups in total. The Kier molecular flexibility index (Phi) is 6.33. The fourth-order valence-electron chi connectivity index (χ4n) is 2.73. The summed E-state index contributed by atoms with van der Waals surface area (Å²) >= 11 is 0. The van der Waals surface area contributed by atoms with E-state index in [0.717, 1.165) is 12.0 Å². The highest BCUT2D eigenvalue weighted by atomic mass is 19.1. The van der Waals surface area contributed by atoms with Gasteiger partial charge in [-0.25, -0.2) is 14.1 Å². The molecule has 0 spiro atoms. The highest BCUT2D eigenvalue weighted by Crippen LogP contribution is 2.12. The molecular weight excluding hydrogens is 373 g/mol. The largest absolute Gasteiger partial charge is 0.345 e. The van der Waals surface area contributed by atoms with Crippen molar-refractivity contribution < 1.29 is 14.0 Å². The third kappa shape index (κ3) is 5.25. The first-order valence-electron chi connectivity index (χ1n) is 9.33. The Morgan fingerprint density at radius 1 is 1.07 bits per heavy atom. The highest BCUT2D eigenvalue weighted by molar-refractivity contribution is 5.91. The van der Waals surface area contributed by atoms with Crippen LogP contribution in [0, 0.1) is 12.7 Å². The number of carbonyl (C=O) groups is 2. The number of benzene rings is 2. The van der Waals surface area contributed by atoms with Crippen molar-refractivity contribution in [2.24, 2.45) is 0 Å². The number of aromatic nitrogens is 3. The van der Waals surface area contributed by atoms with Crippen molar-refractivity contribution in [2.75, 3.05) is 5.32 Å². The van der Waals surface area contributed by atoms with Crippen LogP contribution < -0.4 is 10.6 Å². The maximum atomic E-state index is 13.1. The van der Waals surface area contributed by atoms with Crippen LogP contribution in [0.15, 0.2) is 48.5 Å². The molecule has 0 fully saturated rings. The number of carbonyl (C=O) groups excluding carboxylic acids is 2. The normalized spacial score (nSPS) is 10.6. The number of anilines is 1. The van der Waals surface area contributed by atoms with Crippen molar-refractivity contribution in [3.63, 3.8) is 0 Å². The maximum Gasteiger partial charge on any atom is 0.291 e. The van der Waals surface area contributed by atoms with Gasteiger partial charge in [-0.05, 0) is 55.3 Å². The molecule has 29 heavy (non-hydrogen) atoms. The van der Waals surface area contributed by atoms with Crippen molar-refractivity contribution in [2.45, 2.75) is 33.2 Å². The van der Waals surface area contributed by atoms with Crippen molar-refractivity contribution in [1.29, 1.82) is 0 Å². The third-order valence-electron chi connectivity index (χ3n) is 4.21. The zero-order chi connectivity index (χ0) is 20.8. The van der Waals surface area contributed by atoms with Gasteiger partial charge in [0.05, 0.1) is 5.69 Å². The van der Waals surface area contributed by atoms with Crippen LogP contribution in [0.2, 0.25) is 0 Å².